The van der Waals surface area contributed by atoms with Gasteiger partial charge in [-0.15, -0.1) is 0 Å². The van der Waals surface area contributed by atoms with E-state index in [0.29, 0.717) is 0 Å². The van der Waals surface area contributed by atoms with E-state index in [4.69, 9.17) is 0 Å². The van der Waals surface area contributed by atoms with Crippen molar-refractivity contribution < 1.29 is 4.79 Å². The highest BCUT2D eigenvalue weighted by Gasteiger charge is 2.19. The molecule has 0 aliphatic rings. The molecule has 0 bridgehead atoms. The fourth-order valence-corrected chi connectivity index (χ4v) is 2.56. The Balaban J connectivity index is 2.20. The second-order valence-electron chi connectivity index (χ2n) is 4.84. The van der Waals surface area contributed by atoms with E-state index in [1.54, 1.807) is 0 Å². The van der Waals surface area contributed by atoms with Gasteiger partial charge in [-0.1, -0.05) is 43.3 Å². The zero-order chi connectivity index (χ0) is 14.5. The Kier molecular flexibility index (Phi) is 4.96. The summed E-state index contributed by atoms with van der Waals surface area (Å²) >= 11 is 3.47. The first-order valence-electron chi connectivity index (χ1n) is 6.73. The molecule has 2 aromatic carbocycles. The number of rotatable bonds is 4. The number of anilines is 1. The number of hydrogen-bond acceptors (Lipinski definition) is 1. The lowest BCUT2D eigenvalue weighted by atomic mass is 9.95. The van der Waals surface area contributed by atoms with Crippen molar-refractivity contribution >= 4 is 27.5 Å². The van der Waals surface area contributed by atoms with Crippen LogP contribution in [0.1, 0.15) is 30.4 Å². The molecular weight excluding hydrogens is 314 g/mol. The van der Waals surface area contributed by atoms with E-state index < -0.39 is 0 Å². The van der Waals surface area contributed by atoms with Crippen LogP contribution in [0.25, 0.3) is 0 Å². The first-order chi connectivity index (χ1) is 9.61. The van der Waals surface area contributed by atoms with Crippen LogP contribution in [-0.2, 0) is 4.79 Å². The molecule has 104 valence electrons. The van der Waals surface area contributed by atoms with Crippen LogP contribution in [0.4, 0.5) is 5.69 Å². The minimum atomic E-state index is -0.122. The maximum atomic E-state index is 12.5. The van der Waals surface area contributed by atoms with Gasteiger partial charge in [0.25, 0.3) is 0 Å². The number of aryl methyl sites for hydroxylation is 1. The van der Waals surface area contributed by atoms with E-state index in [0.717, 1.165) is 27.7 Å². The molecule has 0 aromatic heterocycles. The molecule has 1 amide bonds. The van der Waals surface area contributed by atoms with Crippen LogP contribution in [0, 0.1) is 6.92 Å². The second-order valence-corrected chi connectivity index (χ2v) is 5.70. The molecule has 1 N–H and O–H groups in total. The summed E-state index contributed by atoms with van der Waals surface area (Å²) in [5.74, 6) is -0.0892. The van der Waals surface area contributed by atoms with E-state index >= 15 is 0 Å². The average Bonchev–Trinajstić information content (AvgIpc) is 2.45. The zero-order valence-corrected chi connectivity index (χ0v) is 13.3. The molecule has 2 rings (SSSR count). The Morgan fingerprint density at radius 3 is 2.55 bits per heavy atom. The Morgan fingerprint density at radius 1 is 1.20 bits per heavy atom. The molecule has 3 heteroatoms. The van der Waals surface area contributed by atoms with E-state index in [9.17, 15) is 4.79 Å². The summed E-state index contributed by atoms with van der Waals surface area (Å²) in [6.45, 7) is 4.04. The van der Waals surface area contributed by atoms with Crippen molar-refractivity contribution in [2.45, 2.75) is 26.2 Å². The van der Waals surface area contributed by atoms with Crippen molar-refractivity contribution in [1.29, 1.82) is 0 Å². The average molecular weight is 332 g/mol. The van der Waals surface area contributed by atoms with Crippen molar-refractivity contribution in [2.75, 3.05) is 5.32 Å². The summed E-state index contributed by atoms with van der Waals surface area (Å²) in [7, 11) is 0. The largest absolute Gasteiger partial charge is 0.325 e. The third-order valence-electron chi connectivity index (χ3n) is 3.31. The van der Waals surface area contributed by atoms with Crippen LogP contribution < -0.4 is 5.32 Å². The summed E-state index contributed by atoms with van der Waals surface area (Å²) in [4.78, 5) is 12.5. The number of hydrogen-bond donors (Lipinski definition) is 1. The summed E-state index contributed by atoms with van der Waals surface area (Å²) in [6, 6.07) is 15.8. The molecule has 2 aromatic rings. The molecule has 1 atom stereocenters. The molecule has 0 spiro atoms. The standard InChI is InChI=1S/C17H18BrNO/c1-3-14(13-7-5-4-6-8-13)17(20)19-16-11-12(2)9-10-15(16)18/h4-11,14H,3H2,1-2H3,(H,19,20). The second kappa shape index (κ2) is 6.71. The minimum Gasteiger partial charge on any atom is -0.325 e. The van der Waals surface area contributed by atoms with E-state index in [2.05, 4.69) is 21.2 Å². The SMILES string of the molecule is CCC(C(=O)Nc1cc(C)ccc1Br)c1ccccc1. The highest BCUT2D eigenvalue weighted by Crippen LogP contribution is 2.26. The fourth-order valence-electron chi connectivity index (χ4n) is 2.21. The van der Waals surface area contributed by atoms with Gasteiger partial charge in [0, 0.05) is 4.47 Å². The lowest BCUT2D eigenvalue weighted by Crippen LogP contribution is -2.20. The van der Waals surface area contributed by atoms with Gasteiger partial charge >= 0.3 is 0 Å². The molecule has 1 unspecified atom stereocenters. The predicted molar refractivity (Wildman–Crippen MR) is 87.0 cm³/mol. The van der Waals surface area contributed by atoms with Crippen LogP contribution in [-0.4, -0.2) is 5.91 Å². The van der Waals surface area contributed by atoms with Crippen LogP contribution in [0.15, 0.2) is 53.0 Å². The Hall–Kier alpha value is -1.61. The minimum absolute atomic E-state index is 0.0324. The van der Waals surface area contributed by atoms with Crippen molar-refractivity contribution in [1.82, 2.24) is 0 Å². The molecular formula is C17H18BrNO. The van der Waals surface area contributed by atoms with Crippen molar-refractivity contribution in [3.05, 3.63) is 64.1 Å². The van der Waals surface area contributed by atoms with Gasteiger partial charge in [-0.2, -0.15) is 0 Å². The Bertz CT molecular complexity index is 595. The van der Waals surface area contributed by atoms with Gasteiger partial charge in [0.1, 0.15) is 0 Å². The molecule has 0 aliphatic heterocycles. The van der Waals surface area contributed by atoms with Crippen LogP contribution in [0.3, 0.4) is 0 Å². The normalized spacial score (nSPS) is 11.9. The smallest absolute Gasteiger partial charge is 0.231 e. The van der Waals surface area contributed by atoms with Gasteiger partial charge in [-0.25, -0.2) is 0 Å². The number of amides is 1. The van der Waals surface area contributed by atoms with Gasteiger partial charge in [0.2, 0.25) is 5.91 Å². The van der Waals surface area contributed by atoms with Crippen LogP contribution >= 0.6 is 15.9 Å². The van der Waals surface area contributed by atoms with Gasteiger partial charge in [0.15, 0.2) is 0 Å². The summed E-state index contributed by atoms with van der Waals surface area (Å²) < 4.78 is 0.902. The van der Waals surface area contributed by atoms with E-state index in [-0.39, 0.29) is 11.8 Å². The van der Waals surface area contributed by atoms with Crippen molar-refractivity contribution in [3.63, 3.8) is 0 Å². The maximum Gasteiger partial charge on any atom is 0.231 e. The summed E-state index contributed by atoms with van der Waals surface area (Å²) in [5, 5.41) is 3.01. The number of halogens is 1. The number of carbonyl (C=O) groups is 1. The molecule has 0 heterocycles. The molecule has 20 heavy (non-hydrogen) atoms. The van der Waals surface area contributed by atoms with Crippen molar-refractivity contribution in [2.24, 2.45) is 0 Å². The Morgan fingerprint density at radius 2 is 1.90 bits per heavy atom. The first kappa shape index (κ1) is 14.8. The maximum absolute atomic E-state index is 12.5. The molecule has 2 nitrogen and oxygen atoms in total. The lowest BCUT2D eigenvalue weighted by Gasteiger charge is -2.16. The zero-order valence-electron chi connectivity index (χ0n) is 11.7. The monoisotopic (exact) mass is 331 g/mol. The summed E-state index contributed by atoms with van der Waals surface area (Å²) in [5.41, 5.74) is 3.00. The Labute approximate surface area is 128 Å². The van der Waals surface area contributed by atoms with E-state index in [1.165, 1.54) is 0 Å². The first-order valence-corrected chi connectivity index (χ1v) is 7.53. The molecule has 0 aliphatic carbocycles. The third kappa shape index (κ3) is 3.48. The molecule has 0 saturated carbocycles. The van der Waals surface area contributed by atoms with E-state index in [1.807, 2.05) is 62.4 Å². The van der Waals surface area contributed by atoms with Gasteiger partial charge < -0.3 is 5.32 Å². The highest BCUT2D eigenvalue weighted by molar-refractivity contribution is 9.10. The highest BCUT2D eigenvalue weighted by atomic mass is 79.9. The van der Waals surface area contributed by atoms with Gasteiger partial charge in [-0.3, -0.25) is 4.79 Å². The molecule has 0 saturated heterocycles. The molecule has 0 radical (unpaired) electrons. The number of benzene rings is 2. The van der Waals surface area contributed by atoms with Crippen LogP contribution in [0.2, 0.25) is 0 Å². The fraction of sp³-hybridized carbons (Fsp3) is 0.235. The topological polar surface area (TPSA) is 29.1 Å². The van der Waals surface area contributed by atoms with Crippen molar-refractivity contribution in [3.8, 4) is 0 Å². The quantitative estimate of drug-likeness (QED) is 0.849. The number of carbonyl (C=O) groups excluding carboxylic acids is 1. The predicted octanol–water partition coefficient (Wildman–Crippen LogP) is 4.89. The molecule has 0 fully saturated rings. The van der Waals surface area contributed by atoms with Gasteiger partial charge in [0.05, 0.1) is 11.6 Å². The summed E-state index contributed by atoms with van der Waals surface area (Å²) in [6.07, 6.45) is 0.777. The third-order valence-corrected chi connectivity index (χ3v) is 4.00. The van der Waals surface area contributed by atoms with Crippen LogP contribution in [0.5, 0.6) is 0 Å². The van der Waals surface area contributed by atoms with Gasteiger partial charge in [-0.05, 0) is 52.5 Å². The lowest BCUT2D eigenvalue weighted by molar-refractivity contribution is -0.117. The number of nitrogens with one attached hydrogen (secondary N) is 1.